The van der Waals surface area contributed by atoms with Crippen LogP contribution < -0.4 is 5.32 Å². The first-order valence-corrected chi connectivity index (χ1v) is 3.72. The van der Waals surface area contributed by atoms with Crippen molar-refractivity contribution in [1.82, 2.24) is 15.5 Å². The Morgan fingerprint density at radius 1 is 1.92 bits per heavy atom. The Kier molecular flexibility index (Phi) is 2.68. The van der Waals surface area contributed by atoms with Crippen molar-refractivity contribution in [2.24, 2.45) is 0 Å². The van der Waals surface area contributed by atoms with E-state index in [0.29, 0.717) is 6.42 Å². The van der Waals surface area contributed by atoms with Crippen molar-refractivity contribution in [3.05, 3.63) is 18.0 Å². The van der Waals surface area contributed by atoms with E-state index in [2.05, 4.69) is 15.5 Å². The molecule has 1 atom stereocenters. The molecular weight excluding hydrogens is 158 g/mol. The Hall–Kier alpha value is -1.52. The summed E-state index contributed by atoms with van der Waals surface area (Å²) in [6.45, 7) is 1.90. The minimum absolute atomic E-state index is 0.190. The number of nitrogens with zero attached hydrogens (tertiary/aromatic N) is 1. The summed E-state index contributed by atoms with van der Waals surface area (Å²) < 4.78 is 0. The lowest BCUT2D eigenvalue weighted by Gasteiger charge is -2.11. The molecule has 5 heteroatoms. The van der Waals surface area contributed by atoms with Crippen molar-refractivity contribution < 1.29 is 9.90 Å². The number of hydrogen-bond donors (Lipinski definition) is 3. The molecule has 0 aliphatic heterocycles. The van der Waals surface area contributed by atoms with Crippen LogP contribution in [0, 0.1) is 0 Å². The molecule has 0 saturated carbocycles. The number of H-pyrrole nitrogens is 1. The SMILES string of the molecule is CC[C@H](NC(=O)O)c1ccn[nH]1. The molecule has 0 aromatic carbocycles. The molecule has 1 heterocycles. The van der Waals surface area contributed by atoms with E-state index < -0.39 is 6.09 Å². The predicted octanol–water partition coefficient (Wildman–Crippen LogP) is 1.13. The fraction of sp³-hybridized carbons (Fsp3) is 0.429. The topological polar surface area (TPSA) is 78.0 Å². The van der Waals surface area contributed by atoms with E-state index in [4.69, 9.17) is 5.11 Å². The second-order valence-corrected chi connectivity index (χ2v) is 2.42. The molecule has 1 rings (SSSR count). The van der Waals surface area contributed by atoms with Crippen LogP contribution in [0.4, 0.5) is 4.79 Å². The average Bonchev–Trinajstić information content (AvgIpc) is 2.51. The highest BCUT2D eigenvalue weighted by atomic mass is 16.4. The highest BCUT2D eigenvalue weighted by Crippen LogP contribution is 2.12. The van der Waals surface area contributed by atoms with Crippen molar-refractivity contribution in [2.45, 2.75) is 19.4 Å². The molecule has 0 saturated heterocycles. The van der Waals surface area contributed by atoms with Gasteiger partial charge in [0.15, 0.2) is 0 Å². The van der Waals surface area contributed by atoms with Gasteiger partial charge >= 0.3 is 6.09 Å². The molecule has 3 N–H and O–H groups in total. The minimum atomic E-state index is -1.02. The molecule has 1 aromatic rings. The van der Waals surface area contributed by atoms with Gasteiger partial charge in [-0.1, -0.05) is 6.92 Å². The molecule has 0 unspecified atom stereocenters. The molecular formula is C7H11N3O2. The molecule has 0 radical (unpaired) electrons. The van der Waals surface area contributed by atoms with Crippen LogP contribution in [-0.2, 0) is 0 Å². The zero-order valence-electron chi connectivity index (χ0n) is 6.74. The maximum atomic E-state index is 10.3. The van der Waals surface area contributed by atoms with Crippen LogP contribution in [0.15, 0.2) is 12.3 Å². The van der Waals surface area contributed by atoms with Gasteiger partial charge in [0, 0.05) is 6.20 Å². The highest BCUT2D eigenvalue weighted by molar-refractivity contribution is 5.65. The molecule has 66 valence electrons. The summed E-state index contributed by atoms with van der Waals surface area (Å²) in [5.41, 5.74) is 0.792. The van der Waals surface area contributed by atoms with Gasteiger partial charge < -0.3 is 10.4 Å². The minimum Gasteiger partial charge on any atom is -0.465 e. The third-order valence-corrected chi connectivity index (χ3v) is 1.60. The summed E-state index contributed by atoms with van der Waals surface area (Å²) in [5, 5.41) is 17.3. The molecule has 0 aliphatic rings. The van der Waals surface area contributed by atoms with Crippen LogP contribution in [0.2, 0.25) is 0 Å². The summed E-state index contributed by atoms with van der Waals surface area (Å²) in [4.78, 5) is 10.3. The van der Waals surface area contributed by atoms with Gasteiger partial charge in [-0.15, -0.1) is 0 Å². The number of nitrogens with one attached hydrogen (secondary N) is 2. The first-order valence-electron chi connectivity index (χ1n) is 3.72. The summed E-state index contributed by atoms with van der Waals surface area (Å²) in [6, 6.07) is 1.56. The van der Waals surface area contributed by atoms with E-state index in [1.54, 1.807) is 12.3 Å². The molecule has 1 amide bonds. The predicted molar refractivity (Wildman–Crippen MR) is 42.8 cm³/mol. The number of carbonyl (C=O) groups is 1. The average molecular weight is 169 g/mol. The molecule has 5 nitrogen and oxygen atoms in total. The van der Waals surface area contributed by atoms with Gasteiger partial charge in [-0.2, -0.15) is 5.10 Å². The lowest BCUT2D eigenvalue weighted by Crippen LogP contribution is -2.26. The largest absolute Gasteiger partial charge is 0.465 e. The summed E-state index contributed by atoms with van der Waals surface area (Å²) >= 11 is 0. The Labute approximate surface area is 69.8 Å². The van der Waals surface area contributed by atoms with E-state index in [1.807, 2.05) is 6.92 Å². The number of carboxylic acid groups (broad SMARTS) is 1. The lowest BCUT2D eigenvalue weighted by molar-refractivity contribution is 0.189. The van der Waals surface area contributed by atoms with Gasteiger partial charge in [0.2, 0.25) is 0 Å². The Morgan fingerprint density at radius 3 is 3.08 bits per heavy atom. The van der Waals surface area contributed by atoms with Crippen LogP contribution in [-0.4, -0.2) is 21.4 Å². The van der Waals surface area contributed by atoms with Crippen molar-refractivity contribution in [1.29, 1.82) is 0 Å². The van der Waals surface area contributed by atoms with Gasteiger partial charge in [0.25, 0.3) is 0 Å². The van der Waals surface area contributed by atoms with Gasteiger partial charge in [-0.25, -0.2) is 4.79 Å². The lowest BCUT2D eigenvalue weighted by atomic mass is 10.1. The van der Waals surface area contributed by atoms with Crippen LogP contribution >= 0.6 is 0 Å². The standard InChI is InChI=1S/C7H11N3O2/c1-2-5(9-7(11)12)6-3-4-8-10-6/h3-5,9H,2H2,1H3,(H,8,10)(H,11,12)/t5-/m0/s1. The van der Waals surface area contributed by atoms with Crippen LogP contribution in [0.3, 0.4) is 0 Å². The van der Waals surface area contributed by atoms with E-state index in [0.717, 1.165) is 5.69 Å². The van der Waals surface area contributed by atoms with Crippen molar-refractivity contribution in [3.63, 3.8) is 0 Å². The summed E-state index contributed by atoms with van der Waals surface area (Å²) in [6.07, 6.45) is 1.28. The monoisotopic (exact) mass is 169 g/mol. The zero-order valence-corrected chi connectivity index (χ0v) is 6.74. The third-order valence-electron chi connectivity index (χ3n) is 1.60. The maximum absolute atomic E-state index is 10.3. The number of aromatic amines is 1. The molecule has 0 spiro atoms. The Bertz CT molecular complexity index is 245. The van der Waals surface area contributed by atoms with Crippen molar-refractivity contribution in [2.75, 3.05) is 0 Å². The molecule has 0 aliphatic carbocycles. The number of aromatic nitrogens is 2. The molecule has 0 fully saturated rings. The molecule has 0 bridgehead atoms. The molecule has 12 heavy (non-hydrogen) atoms. The second kappa shape index (κ2) is 3.75. The Balaban J connectivity index is 2.63. The van der Waals surface area contributed by atoms with Crippen molar-refractivity contribution in [3.8, 4) is 0 Å². The highest BCUT2D eigenvalue weighted by Gasteiger charge is 2.11. The van der Waals surface area contributed by atoms with Crippen LogP contribution in [0.1, 0.15) is 25.1 Å². The summed E-state index contributed by atoms with van der Waals surface area (Å²) in [7, 11) is 0. The first-order chi connectivity index (χ1) is 5.74. The van der Waals surface area contributed by atoms with Gasteiger partial charge in [0.1, 0.15) is 0 Å². The fourth-order valence-electron chi connectivity index (χ4n) is 1.01. The number of amides is 1. The van der Waals surface area contributed by atoms with Crippen LogP contribution in [0.25, 0.3) is 0 Å². The van der Waals surface area contributed by atoms with E-state index in [1.165, 1.54) is 0 Å². The van der Waals surface area contributed by atoms with Crippen LogP contribution in [0.5, 0.6) is 0 Å². The van der Waals surface area contributed by atoms with Gasteiger partial charge in [-0.3, -0.25) is 5.10 Å². The second-order valence-electron chi connectivity index (χ2n) is 2.42. The third kappa shape index (κ3) is 1.98. The smallest absolute Gasteiger partial charge is 0.405 e. The van der Waals surface area contributed by atoms with E-state index in [9.17, 15) is 4.79 Å². The van der Waals surface area contributed by atoms with E-state index in [-0.39, 0.29) is 6.04 Å². The van der Waals surface area contributed by atoms with E-state index >= 15 is 0 Å². The maximum Gasteiger partial charge on any atom is 0.405 e. The quantitative estimate of drug-likeness (QED) is 0.634. The fourth-order valence-corrected chi connectivity index (χ4v) is 1.01. The van der Waals surface area contributed by atoms with Gasteiger partial charge in [0.05, 0.1) is 11.7 Å². The Morgan fingerprint density at radius 2 is 2.67 bits per heavy atom. The van der Waals surface area contributed by atoms with Gasteiger partial charge in [-0.05, 0) is 12.5 Å². The zero-order chi connectivity index (χ0) is 8.97. The first kappa shape index (κ1) is 8.58. The summed E-state index contributed by atoms with van der Waals surface area (Å²) in [5.74, 6) is 0. The van der Waals surface area contributed by atoms with Crippen molar-refractivity contribution >= 4 is 6.09 Å². The number of hydrogen-bond acceptors (Lipinski definition) is 2. The normalized spacial score (nSPS) is 12.4. The molecule has 1 aromatic heterocycles. The number of rotatable bonds is 3.